The summed E-state index contributed by atoms with van der Waals surface area (Å²) >= 11 is 5.82. The van der Waals surface area contributed by atoms with Crippen molar-refractivity contribution in [3.63, 3.8) is 0 Å². The van der Waals surface area contributed by atoms with E-state index < -0.39 is 28.4 Å². The van der Waals surface area contributed by atoms with Gasteiger partial charge in [-0.1, -0.05) is 17.7 Å². The molecule has 0 unspecified atom stereocenters. The lowest BCUT2D eigenvalue weighted by atomic mass is 10.3. The number of likely N-dealkylation sites (N-methyl/N-ethyl adjacent to an activating group) is 1. The van der Waals surface area contributed by atoms with Crippen molar-refractivity contribution in [3.05, 3.63) is 59.4 Å². The molecule has 0 aliphatic heterocycles. The predicted molar refractivity (Wildman–Crippen MR) is 94.1 cm³/mol. The fourth-order valence-electron chi connectivity index (χ4n) is 1.97. The molecule has 0 radical (unpaired) electrons. The maximum absolute atomic E-state index is 12.9. The van der Waals surface area contributed by atoms with Crippen LogP contribution in [0.25, 0.3) is 0 Å². The van der Waals surface area contributed by atoms with Gasteiger partial charge in [0.05, 0.1) is 4.90 Å². The summed E-state index contributed by atoms with van der Waals surface area (Å²) in [5.41, 5.74) is 0. The standard InChI is InChI=1S/C17H17ClFNO5S/c1-20(26(22,23)16-7-5-14(19)6-8-16)12-17(21)25-10-9-24-15-4-2-3-13(18)11-15/h2-8,11H,9-10,12H2,1H3. The van der Waals surface area contributed by atoms with E-state index in [4.69, 9.17) is 21.1 Å². The van der Waals surface area contributed by atoms with Crippen molar-refractivity contribution in [2.45, 2.75) is 4.90 Å². The van der Waals surface area contributed by atoms with Crippen molar-refractivity contribution < 1.29 is 27.1 Å². The summed E-state index contributed by atoms with van der Waals surface area (Å²) in [6.45, 7) is -0.423. The number of nitrogens with zero attached hydrogens (tertiary/aromatic N) is 1. The Balaban J connectivity index is 1.80. The van der Waals surface area contributed by atoms with Gasteiger partial charge in [-0.2, -0.15) is 4.31 Å². The van der Waals surface area contributed by atoms with E-state index in [0.29, 0.717) is 10.8 Å². The van der Waals surface area contributed by atoms with Gasteiger partial charge in [0, 0.05) is 12.1 Å². The van der Waals surface area contributed by atoms with Crippen LogP contribution in [0.5, 0.6) is 5.75 Å². The summed E-state index contributed by atoms with van der Waals surface area (Å²) in [4.78, 5) is 11.7. The predicted octanol–water partition coefficient (Wildman–Crippen LogP) is 2.72. The van der Waals surface area contributed by atoms with E-state index >= 15 is 0 Å². The second-order valence-corrected chi connectivity index (χ2v) is 7.72. The number of carbonyl (C=O) groups is 1. The molecule has 0 saturated carbocycles. The third kappa shape index (κ3) is 5.69. The van der Waals surface area contributed by atoms with Gasteiger partial charge in [-0.15, -0.1) is 0 Å². The lowest BCUT2D eigenvalue weighted by molar-refractivity contribution is -0.144. The highest BCUT2D eigenvalue weighted by Gasteiger charge is 2.23. The molecule has 2 rings (SSSR count). The van der Waals surface area contributed by atoms with Crippen LogP contribution in [0.2, 0.25) is 5.02 Å². The quantitative estimate of drug-likeness (QED) is 0.502. The Hall–Kier alpha value is -2.16. The second kappa shape index (κ2) is 8.98. The zero-order chi connectivity index (χ0) is 19.2. The minimum Gasteiger partial charge on any atom is -0.490 e. The Labute approximate surface area is 156 Å². The van der Waals surface area contributed by atoms with Gasteiger partial charge < -0.3 is 9.47 Å². The zero-order valence-corrected chi connectivity index (χ0v) is 15.5. The Morgan fingerprint density at radius 3 is 2.50 bits per heavy atom. The van der Waals surface area contributed by atoms with Crippen molar-refractivity contribution >= 4 is 27.6 Å². The van der Waals surface area contributed by atoms with Gasteiger partial charge in [0.15, 0.2) is 0 Å². The van der Waals surface area contributed by atoms with Crippen LogP contribution in [0.1, 0.15) is 0 Å². The summed E-state index contributed by atoms with van der Waals surface area (Å²) in [6, 6.07) is 11.1. The Bertz CT molecular complexity index is 858. The Morgan fingerprint density at radius 2 is 1.85 bits per heavy atom. The van der Waals surface area contributed by atoms with E-state index in [0.717, 1.165) is 28.6 Å². The minimum atomic E-state index is -3.91. The maximum Gasteiger partial charge on any atom is 0.321 e. The number of esters is 1. The van der Waals surface area contributed by atoms with E-state index in [2.05, 4.69) is 0 Å². The van der Waals surface area contributed by atoms with Crippen LogP contribution in [-0.4, -0.2) is 45.5 Å². The van der Waals surface area contributed by atoms with Gasteiger partial charge in [0.25, 0.3) is 0 Å². The van der Waals surface area contributed by atoms with Crippen molar-refractivity contribution in [2.24, 2.45) is 0 Å². The monoisotopic (exact) mass is 401 g/mol. The molecule has 0 aliphatic carbocycles. The van der Waals surface area contributed by atoms with Crippen molar-refractivity contribution in [1.29, 1.82) is 0 Å². The fourth-order valence-corrected chi connectivity index (χ4v) is 3.27. The molecule has 9 heteroatoms. The highest BCUT2D eigenvalue weighted by atomic mass is 35.5. The number of benzene rings is 2. The highest BCUT2D eigenvalue weighted by Crippen LogP contribution is 2.17. The molecule has 0 saturated heterocycles. The van der Waals surface area contributed by atoms with Crippen LogP contribution >= 0.6 is 11.6 Å². The summed E-state index contributed by atoms with van der Waals surface area (Å²) in [7, 11) is -2.67. The molecule has 0 N–H and O–H groups in total. The Morgan fingerprint density at radius 1 is 1.15 bits per heavy atom. The molecule has 6 nitrogen and oxygen atoms in total. The van der Waals surface area contributed by atoms with Crippen LogP contribution in [0.3, 0.4) is 0 Å². The number of halogens is 2. The van der Waals surface area contributed by atoms with E-state index in [1.54, 1.807) is 24.3 Å². The number of hydrogen-bond donors (Lipinski definition) is 0. The lowest BCUT2D eigenvalue weighted by Gasteiger charge is -2.16. The smallest absolute Gasteiger partial charge is 0.321 e. The van der Waals surface area contributed by atoms with Gasteiger partial charge in [0.1, 0.15) is 31.3 Å². The van der Waals surface area contributed by atoms with Crippen LogP contribution in [0, 0.1) is 5.82 Å². The molecule has 0 aromatic heterocycles. The second-order valence-electron chi connectivity index (χ2n) is 5.24. The van der Waals surface area contributed by atoms with Crippen molar-refractivity contribution in [1.82, 2.24) is 4.31 Å². The van der Waals surface area contributed by atoms with Gasteiger partial charge in [-0.25, -0.2) is 12.8 Å². The van der Waals surface area contributed by atoms with Gasteiger partial charge >= 0.3 is 5.97 Å². The molecular formula is C17H17ClFNO5S. The molecule has 0 atom stereocenters. The first kappa shape index (κ1) is 20.2. The number of carbonyl (C=O) groups excluding carboxylic acids is 1. The first-order valence-corrected chi connectivity index (χ1v) is 9.37. The average Bonchev–Trinajstić information content (AvgIpc) is 2.59. The number of sulfonamides is 1. The normalized spacial score (nSPS) is 11.4. The summed E-state index contributed by atoms with van der Waals surface area (Å²) in [6.07, 6.45) is 0. The third-order valence-electron chi connectivity index (χ3n) is 3.28. The largest absolute Gasteiger partial charge is 0.490 e. The summed E-state index contributed by atoms with van der Waals surface area (Å²) in [5, 5.41) is 0.520. The Kier molecular flexibility index (Phi) is 6.96. The maximum atomic E-state index is 12.9. The van der Waals surface area contributed by atoms with E-state index in [1.807, 2.05) is 0 Å². The molecule has 0 fully saturated rings. The first-order valence-electron chi connectivity index (χ1n) is 7.55. The number of ether oxygens (including phenoxy) is 2. The average molecular weight is 402 g/mol. The molecule has 0 spiro atoms. The molecule has 0 heterocycles. The number of hydrogen-bond acceptors (Lipinski definition) is 5. The zero-order valence-electron chi connectivity index (χ0n) is 13.9. The fraction of sp³-hybridized carbons (Fsp3) is 0.235. The van der Waals surface area contributed by atoms with E-state index in [-0.39, 0.29) is 18.1 Å². The molecule has 2 aromatic rings. The van der Waals surface area contributed by atoms with Crippen LogP contribution < -0.4 is 4.74 Å². The highest BCUT2D eigenvalue weighted by molar-refractivity contribution is 7.89. The third-order valence-corrected chi connectivity index (χ3v) is 5.34. The van der Waals surface area contributed by atoms with E-state index in [9.17, 15) is 17.6 Å². The van der Waals surface area contributed by atoms with Crippen LogP contribution in [0.15, 0.2) is 53.4 Å². The molecular weight excluding hydrogens is 385 g/mol. The van der Waals surface area contributed by atoms with Crippen LogP contribution in [-0.2, 0) is 19.6 Å². The molecule has 0 bridgehead atoms. The molecule has 0 amide bonds. The minimum absolute atomic E-state index is 0.0459. The molecule has 2 aromatic carbocycles. The summed E-state index contributed by atoms with van der Waals surface area (Å²) < 4.78 is 48.6. The molecule has 26 heavy (non-hydrogen) atoms. The van der Waals surface area contributed by atoms with E-state index in [1.165, 1.54) is 7.05 Å². The first-order chi connectivity index (χ1) is 12.3. The molecule has 140 valence electrons. The van der Waals surface area contributed by atoms with Gasteiger partial charge in [0.2, 0.25) is 10.0 Å². The van der Waals surface area contributed by atoms with Crippen molar-refractivity contribution in [3.8, 4) is 5.75 Å². The number of rotatable bonds is 8. The van der Waals surface area contributed by atoms with Gasteiger partial charge in [-0.3, -0.25) is 4.79 Å². The van der Waals surface area contributed by atoms with Gasteiger partial charge in [-0.05, 0) is 42.5 Å². The van der Waals surface area contributed by atoms with Crippen molar-refractivity contribution in [2.75, 3.05) is 26.8 Å². The van der Waals surface area contributed by atoms with Crippen LogP contribution in [0.4, 0.5) is 4.39 Å². The SMILES string of the molecule is CN(CC(=O)OCCOc1cccc(Cl)c1)S(=O)(=O)c1ccc(F)cc1. The lowest BCUT2D eigenvalue weighted by Crippen LogP contribution is -2.33. The topological polar surface area (TPSA) is 72.9 Å². The molecule has 0 aliphatic rings. The summed E-state index contributed by atoms with van der Waals surface area (Å²) in [5.74, 6) is -0.747.